The van der Waals surface area contributed by atoms with Gasteiger partial charge in [0.1, 0.15) is 17.6 Å². The van der Waals surface area contributed by atoms with E-state index in [4.69, 9.17) is 4.74 Å². The molecule has 0 amide bonds. The van der Waals surface area contributed by atoms with Gasteiger partial charge in [-0.3, -0.25) is 0 Å². The highest BCUT2D eigenvalue weighted by molar-refractivity contribution is 7.88. The van der Waals surface area contributed by atoms with Crippen LogP contribution in [0, 0.1) is 11.8 Å². The van der Waals surface area contributed by atoms with Gasteiger partial charge in [-0.2, -0.15) is 4.31 Å². The van der Waals surface area contributed by atoms with Gasteiger partial charge >= 0.3 is 0 Å². The van der Waals surface area contributed by atoms with Gasteiger partial charge in [-0.25, -0.2) is 8.42 Å². The Labute approximate surface area is 208 Å². The van der Waals surface area contributed by atoms with E-state index in [1.165, 1.54) is 5.56 Å². The number of hydrogen-bond acceptors (Lipinski definition) is 5. The monoisotopic (exact) mass is 496 g/mol. The van der Waals surface area contributed by atoms with Crippen molar-refractivity contribution in [3.05, 3.63) is 59.2 Å². The molecule has 2 heterocycles. The fourth-order valence-electron chi connectivity index (χ4n) is 7.70. The smallest absolute Gasteiger partial charge is 0.218 e. The molecular weight excluding hydrogens is 460 g/mol. The largest absolute Gasteiger partial charge is 0.508 e. The Morgan fingerprint density at radius 3 is 2.69 bits per heavy atom. The van der Waals surface area contributed by atoms with E-state index in [1.54, 1.807) is 10.4 Å². The standard InChI is InChI=1S/C28H36N2O4S/c1-18(2)16-30(35(32,33)17-19-7-5-4-6-8-19)22-10-9-21-23-15-20-24(31)11-12-25-26(20)28(21,27(22)34-25)13-14-29(23)3/h4-8,11-12,18,21-23,27,31H,9-10,13-17H2,1-3H3/t21-,22+,23+,27-,28-/m0/s1. The highest BCUT2D eigenvalue weighted by atomic mass is 32.2. The molecule has 188 valence electrons. The predicted molar refractivity (Wildman–Crippen MR) is 136 cm³/mol. The van der Waals surface area contributed by atoms with Gasteiger partial charge in [0.25, 0.3) is 0 Å². The van der Waals surface area contributed by atoms with Gasteiger partial charge < -0.3 is 14.7 Å². The summed E-state index contributed by atoms with van der Waals surface area (Å²) in [6, 6.07) is 13.3. The van der Waals surface area contributed by atoms with Crippen molar-refractivity contribution in [1.29, 1.82) is 0 Å². The van der Waals surface area contributed by atoms with Gasteiger partial charge in [0.2, 0.25) is 10.0 Å². The van der Waals surface area contributed by atoms with Crippen LogP contribution in [0.2, 0.25) is 0 Å². The number of hydrogen-bond donors (Lipinski definition) is 1. The molecule has 0 aromatic heterocycles. The zero-order valence-electron chi connectivity index (χ0n) is 20.9. The van der Waals surface area contributed by atoms with Crippen molar-refractivity contribution >= 4 is 10.0 Å². The first-order valence-corrected chi connectivity index (χ1v) is 14.6. The normalized spacial score (nSPS) is 31.5. The average Bonchev–Trinajstić information content (AvgIpc) is 3.15. The first kappa shape index (κ1) is 23.3. The maximum Gasteiger partial charge on any atom is 0.218 e. The molecule has 5 atom stereocenters. The number of likely N-dealkylation sites (tertiary alicyclic amines) is 1. The van der Waals surface area contributed by atoms with Crippen molar-refractivity contribution in [3.63, 3.8) is 0 Å². The number of piperidine rings is 1. The van der Waals surface area contributed by atoms with Crippen molar-refractivity contribution in [2.75, 3.05) is 20.1 Å². The van der Waals surface area contributed by atoms with E-state index in [1.807, 2.05) is 36.4 Å². The van der Waals surface area contributed by atoms with E-state index < -0.39 is 10.0 Å². The van der Waals surface area contributed by atoms with Gasteiger partial charge in [-0.15, -0.1) is 0 Å². The predicted octanol–water partition coefficient (Wildman–Crippen LogP) is 3.92. The van der Waals surface area contributed by atoms with Crippen molar-refractivity contribution in [3.8, 4) is 11.5 Å². The van der Waals surface area contributed by atoms with Crippen LogP contribution in [-0.2, 0) is 27.6 Å². The molecule has 1 saturated carbocycles. The Bertz CT molecular complexity index is 1230. The van der Waals surface area contributed by atoms with Gasteiger partial charge in [0.15, 0.2) is 0 Å². The number of phenols is 1. The summed E-state index contributed by atoms with van der Waals surface area (Å²) < 4.78 is 36.5. The summed E-state index contributed by atoms with van der Waals surface area (Å²) >= 11 is 0. The van der Waals surface area contributed by atoms with Crippen LogP contribution in [0.1, 0.15) is 49.8 Å². The summed E-state index contributed by atoms with van der Waals surface area (Å²) in [5.74, 6) is 1.83. The number of benzene rings is 2. The fourth-order valence-corrected chi connectivity index (χ4v) is 9.63. The third kappa shape index (κ3) is 3.45. The van der Waals surface area contributed by atoms with Gasteiger partial charge in [0.05, 0.1) is 11.8 Å². The second kappa shape index (κ2) is 8.22. The number of phenolic OH excluding ortho intramolecular Hbond substituents is 1. The Morgan fingerprint density at radius 1 is 1.17 bits per heavy atom. The van der Waals surface area contributed by atoms with Gasteiger partial charge in [-0.1, -0.05) is 44.2 Å². The molecule has 35 heavy (non-hydrogen) atoms. The fraction of sp³-hybridized carbons (Fsp3) is 0.571. The lowest BCUT2D eigenvalue weighted by atomic mass is 9.51. The lowest BCUT2D eigenvalue weighted by Crippen LogP contribution is -2.68. The zero-order valence-corrected chi connectivity index (χ0v) is 21.7. The van der Waals surface area contributed by atoms with Gasteiger partial charge in [-0.05, 0) is 68.8 Å². The molecule has 6 nitrogen and oxygen atoms in total. The van der Waals surface area contributed by atoms with Crippen LogP contribution in [0.3, 0.4) is 0 Å². The first-order chi connectivity index (χ1) is 16.7. The Balaban J connectivity index is 1.44. The van der Waals surface area contributed by atoms with Crippen LogP contribution in [0.5, 0.6) is 11.5 Å². The van der Waals surface area contributed by atoms with Crippen LogP contribution in [0.15, 0.2) is 42.5 Å². The van der Waals surface area contributed by atoms with Crippen molar-refractivity contribution in [1.82, 2.24) is 9.21 Å². The van der Waals surface area contributed by atoms with Gasteiger partial charge in [0, 0.05) is 29.1 Å². The van der Waals surface area contributed by atoms with Crippen LogP contribution in [-0.4, -0.2) is 61.1 Å². The number of ether oxygens (including phenoxy) is 1. The molecule has 1 saturated heterocycles. The second-order valence-electron chi connectivity index (χ2n) is 11.5. The molecule has 4 aliphatic rings. The minimum absolute atomic E-state index is 0.00452. The summed E-state index contributed by atoms with van der Waals surface area (Å²) in [6.07, 6.45) is 3.32. The highest BCUT2D eigenvalue weighted by Gasteiger charge is 2.66. The van der Waals surface area contributed by atoms with Crippen molar-refractivity contribution in [2.45, 2.75) is 68.9 Å². The molecule has 6 rings (SSSR count). The summed E-state index contributed by atoms with van der Waals surface area (Å²) in [5.41, 5.74) is 2.76. The lowest BCUT2D eigenvalue weighted by Gasteiger charge is -2.60. The number of rotatable bonds is 6. The summed E-state index contributed by atoms with van der Waals surface area (Å²) in [7, 11) is -1.37. The Kier molecular flexibility index (Phi) is 5.47. The first-order valence-electron chi connectivity index (χ1n) is 13.0. The van der Waals surface area contributed by atoms with E-state index in [0.717, 1.165) is 49.1 Å². The Morgan fingerprint density at radius 2 is 1.94 bits per heavy atom. The van der Waals surface area contributed by atoms with E-state index in [-0.39, 0.29) is 29.2 Å². The minimum atomic E-state index is -3.56. The molecule has 0 radical (unpaired) electrons. The number of likely N-dealkylation sites (N-methyl/N-ethyl adjacent to an activating group) is 1. The van der Waals surface area contributed by atoms with Crippen LogP contribution < -0.4 is 4.74 Å². The number of sulfonamides is 1. The van der Waals surface area contributed by atoms with E-state index in [2.05, 4.69) is 25.8 Å². The third-order valence-electron chi connectivity index (χ3n) is 9.05. The molecular formula is C28H36N2O4S. The molecule has 2 aromatic carbocycles. The van der Waals surface area contributed by atoms with Crippen LogP contribution in [0.4, 0.5) is 0 Å². The minimum Gasteiger partial charge on any atom is -0.508 e. The number of aromatic hydroxyl groups is 1. The number of nitrogens with zero attached hydrogens (tertiary/aromatic N) is 2. The average molecular weight is 497 g/mol. The maximum atomic E-state index is 14.0. The second-order valence-corrected chi connectivity index (χ2v) is 13.4. The molecule has 7 heteroatoms. The molecule has 2 aliphatic carbocycles. The molecule has 2 fully saturated rings. The van der Waals surface area contributed by atoms with E-state index in [0.29, 0.717) is 24.3 Å². The SMILES string of the molecule is CC(C)CN([C@@H]1CC[C@H]2[C@H]3Cc4c(O)ccc5c4[C@@]2(CCN3C)[C@H]1O5)S(=O)(=O)Cc1ccccc1. The summed E-state index contributed by atoms with van der Waals surface area (Å²) in [6.45, 7) is 5.62. The van der Waals surface area contributed by atoms with E-state index >= 15 is 0 Å². The van der Waals surface area contributed by atoms with E-state index in [9.17, 15) is 13.5 Å². The molecule has 2 aromatic rings. The van der Waals surface area contributed by atoms with Crippen LogP contribution >= 0.6 is 0 Å². The Hall–Kier alpha value is -2.09. The quantitative estimate of drug-likeness (QED) is 0.657. The molecule has 1 N–H and O–H groups in total. The maximum absolute atomic E-state index is 14.0. The van der Waals surface area contributed by atoms with Crippen LogP contribution in [0.25, 0.3) is 0 Å². The summed E-state index contributed by atoms with van der Waals surface area (Å²) in [5, 5.41) is 10.8. The zero-order chi connectivity index (χ0) is 24.5. The molecule has 1 spiro atoms. The lowest BCUT2D eigenvalue weighted by molar-refractivity contribution is -0.0709. The topological polar surface area (TPSA) is 70.1 Å². The summed E-state index contributed by atoms with van der Waals surface area (Å²) in [4.78, 5) is 2.44. The molecule has 2 aliphatic heterocycles. The van der Waals surface area contributed by atoms with Crippen molar-refractivity contribution < 1.29 is 18.3 Å². The van der Waals surface area contributed by atoms with Crippen molar-refractivity contribution in [2.24, 2.45) is 11.8 Å². The third-order valence-corrected chi connectivity index (χ3v) is 10.9. The molecule has 0 unspecified atom stereocenters. The molecule has 2 bridgehead atoms. The highest BCUT2D eigenvalue weighted by Crippen LogP contribution is 2.63.